The molecule has 1 radical (unpaired) electrons. The molecule has 5 aromatic carbocycles. The molecule has 8 aromatic rings. The number of nitrogens with zero attached hydrogens (tertiary/aromatic N) is 2. The first kappa shape index (κ1) is 35.4. The normalized spacial score (nSPS) is 13.8. The molecular weight excluding hydrogens is 881 g/mol. The summed E-state index contributed by atoms with van der Waals surface area (Å²) in [6, 6.07) is 39.5. The van der Waals surface area contributed by atoms with Crippen molar-refractivity contribution < 1.29 is 25.6 Å². The third kappa shape index (κ3) is 8.71. The smallest absolute Gasteiger partial charge is 0.0799 e. The standard InChI is InChI=1S/C33H30NS.C17H22NSi.Ir/c1-20(2)22-14-15-34-29(17-22)26-13-12-24(19-33(3,4)5)31-28-16-23-11-10-21-8-6-7-9-25(21)27(23)18-30(28)35-32(26)31;1-13(2)15-11-16(14-9-7-6-8-10-14)18-12-17(15)19(3,4)5;/h6-12,14-18,20H,19H2,1-5H3;6-9,11-13H,1-5H3;/q2*-1;/i19D2,20D;13D;. The van der Waals surface area contributed by atoms with Crippen molar-refractivity contribution in [1.82, 2.24) is 9.97 Å². The summed E-state index contributed by atoms with van der Waals surface area (Å²) < 4.78 is 37.4. The van der Waals surface area contributed by atoms with Crippen LogP contribution in [0.25, 0.3) is 64.2 Å². The molecule has 0 saturated carbocycles. The van der Waals surface area contributed by atoms with E-state index in [0.717, 1.165) is 59.2 Å². The Labute approximate surface area is 352 Å². The Morgan fingerprint density at radius 1 is 0.782 bits per heavy atom. The van der Waals surface area contributed by atoms with Crippen LogP contribution in [0, 0.1) is 17.5 Å². The molecule has 0 saturated heterocycles. The van der Waals surface area contributed by atoms with Gasteiger partial charge >= 0.3 is 0 Å². The van der Waals surface area contributed by atoms with E-state index in [1.165, 1.54) is 21.3 Å². The third-order valence-corrected chi connectivity index (χ3v) is 12.9. The van der Waals surface area contributed by atoms with Gasteiger partial charge in [-0.15, -0.1) is 59.2 Å². The topological polar surface area (TPSA) is 25.8 Å². The van der Waals surface area contributed by atoms with Gasteiger partial charge in [-0.05, 0) is 83.6 Å². The molecule has 0 atom stereocenters. The maximum Gasteiger partial charge on any atom is 0.0799 e. The number of rotatable bonds is 6. The van der Waals surface area contributed by atoms with E-state index >= 15 is 0 Å². The van der Waals surface area contributed by atoms with Gasteiger partial charge in [-0.3, -0.25) is 0 Å². The average molecular weight is 937 g/mol. The molecule has 0 aliphatic rings. The number of benzene rings is 5. The summed E-state index contributed by atoms with van der Waals surface area (Å²) in [6.45, 7) is 20.4. The summed E-state index contributed by atoms with van der Waals surface area (Å²) in [7, 11) is -1.50. The van der Waals surface area contributed by atoms with E-state index in [0.29, 0.717) is 5.56 Å². The molecule has 8 rings (SSSR count). The van der Waals surface area contributed by atoms with E-state index in [1.54, 1.807) is 17.5 Å². The van der Waals surface area contributed by atoms with Crippen molar-refractivity contribution in [3.05, 3.63) is 138 Å². The van der Waals surface area contributed by atoms with Gasteiger partial charge in [-0.1, -0.05) is 140 Å². The molecule has 0 aliphatic carbocycles. The number of hydrogen-bond acceptors (Lipinski definition) is 3. The van der Waals surface area contributed by atoms with Gasteiger partial charge in [0, 0.05) is 42.7 Å². The number of fused-ring (bicyclic) bond motifs is 6. The summed E-state index contributed by atoms with van der Waals surface area (Å²) in [5, 5.41) is 8.03. The van der Waals surface area contributed by atoms with Crippen LogP contribution in [-0.4, -0.2) is 18.0 Å². The summed E-state index contributed by atoms with van der Waals surface area (Å²) >= 11 is 1.68. The van der Waals surface area contributed by atoms with E-state index < -0.39 is 31.6 Å². The van der Waals surface area contributed by atoms with Gasteiger partial charge in [0.15, 0.2) is 0 Å². The zero-order valence-corrected chi connectivity index (χ0v) is 37.7. The minimum absolute atomic E-state index is 0. The molecule has 3 heterocycles. The molecule has 283 valence electrons. The summed E-state index contributed by atoms with van der Waals surface area (Å²) in [4.78, 5) is 9.29. The van der Waals surface area contributed by atoms with Crippen LogP contribution < -0.4 is 5.19 Å². The molecule has 0 amide bonds. The van der Waals surface area contributed by atoms with Gasteiger partial charge in [0.2, 0.25) is 0 Å². The van der Waals surface area contributed by atoms with E-state index in [-0.39, 0.29) is 20.1 Å². The first-order chi connectivity index (χ1) is 27.1. The van der Waals surface area contributed by atoms with Crippen LogP contribution in [0.2, 0.25) is 19.6 Å². The molecule has 2 nitrogen and oxygen atoms in total. The molecule has 3 aromatic heterocycles. The maximum absolute atomic E-state index is 9.19. The Balaban J connectivity index is 0.000000236. The van der Waals surface area contributed by atoms with Gasteiger partial charge in [-0.2, -0.15) is 11.3 Å². The van der Waals surface area contributed by atoms with Crippen LogP contribution >= 0.6 is 11.3 Å². The third-order valence-electron chi connectivity index (χ3n) is 9.75. The Hall–Kier alpha value is -3.99. The first-order valence-corrected chi connectivity index (χ1v) is 23.1. The molecule has 0 bridgehead atoms. The van der Waals surface area contributed by atoms with Gasteiger partial charge in [0.1, 0.15) is 0 Å². The van der Waals surface area contributed by atoms with Crippen LogP contribution in [0.3, 0.4) is 0 Å². The number of aromatic nitrogens is 2. The van der Waals surface area contributed by atoms with Crippen molar-refractivity contribution in [3.63, 3.8) is 0 Å². The molecule has 5 heteroatoms. The Kier molecular flexibility index (Phi) is 10.5. The Morgan fingerprint density at radius 3 is 2.22 bits per heavy atom. The fourth-order valence-electron chi connectivity index (χ4n) is 7.06. The van der Waals surface area contributed by atoms with Gasteiger partial charge < -0.3 is 9.97 Å². The molecule has 0 fully saturated rings. The number of pyridine rings is 2. The Morgan fingerprint density at radius 2 is 1.53 bits per heavy atom. The molecule has 0 N–H and O–H groups in total. The fraction of sp³-hybridized carbons (Fsp3) is 0.280. The second-order valence-corrected chi connectivity index (χ2v) is 22.8. The Bertz CT molecular complexity index is 2810. The van der Waals surface area contributed by atoms with Crippen molar-refractivity contribution >= 4 is 66.3 Å². The minimum atomic E-state index is -1.58. The average Bonchev–Trinajstić information content (AvgIpc) is 3.54. The maximum atomic E-state index is 9.19. The number of thiophene rings is 1. The van der Waals surface area contributed by atoms with Crippen LogP contribution in [0.15, 0.2) is 109 Å². The van der Waals surface area contributed by atoms with Gasteiger partial charge in [0.05, 0.1) is 8.07 Å². The summed E-state index contributed by atoms with van der Waals surface area (Å²) in [5.41, 5.74) is 5.54. The van der Waals surface area contributed by atoms with E-state index in [1.807, 2.05) is 97.1 Å². The van der Waals surface area contributed by atoms with Crippen molar-refractivity contribution in [2.75, 3.05) is 0 Å². The monoisotopic (exact) mass is 937 g/mol. The van der Waals surface area contributed by atoms with Crippen LogP contribution in [0.4, 0.5) is 0 Å². The molecule has 55 heavy (non-hydrogen) atoms. The predicted molar refractivity (Wildman–Crippen MR) is 239 cm³/mol. The van der Waals surface area contributed by atoms with Crippen LogP contribution in [0.1, 0.15) is 82.4 Å². The first-order valence-electron chi connectivity index (χ1n) is 20.7. The molecule has 0 spiro atoms. The largest absolute Gasteiger partial charge is 0.305 e. The minimum Gasteiger partial charge on any atom is -0.305 e. The van der Waals surface area contributed by atoms with E-state index in [4.69, 9.17) is 2.74 Å². The molecule has 0 unspecified atom stereocenters. The SMILES string of the molecule is [2H]C(C)(C)c1cc(-c2[c-]cccc2)ncc1[Si](C)(C)C.[2H]C(C)(C)c1ccnc(-c2[c-]cc(C([2H])([2H])C(C)(C)C)c3c2sc2cc4c(ccc5ccccc54)cc23)c1.[Ir]. The van der Waals surface area contributed by atoms with Gasteiger partial charge in [0.25, 0.3) is 0 Å². The molecule has 0 aliphatic heterocycles. The quantitative estimate of drug-likeness (QED) is 0.0943. The predicted octanol–water partition coefficient (Wildman–Crippen LogP) is 14.1. The van der Waals surface area contributed by atoms with Crippen molar-refractivity contribution in [1.29, 1.82) is 0 Å². The summed E-state index contributed by atoms with van der Waals surface area (Å²) in [5.74, 6) is -1.36. The van der Waals surface area contributed by atoms with E-state index in [9.17, 15) is 2.74 Å². The zero-order chi connectivity index (χ0) is 42.0. The zero-order valence-electron chi connectivity index (χ0n) is 37.5. The fourth-order valence-corrected chi connectivity index (χ4v) is 9.90. The second-order valence-electron chi connectivity index (χ2n) is 16.7. The van der Waals surface area contributed by atoms with Crippen molar-refractivity contribution in [2.24, 2.45) is 5.41 Å². The van der Waals surface area contributed by atoms with Crippen LogP contribution in [-0.2, 0) is 26.5 Å². The van der Waals surface area contributed by atoms with Gasteiger partial charge in [-0.25, -0.2) is 0 Å². The summed E-state index contributed by atoms with van der Waals surface area (Å²) in [6.07, 6.45) is 2.16. The van der Waals surface area contributed by atoms with Crippen LogP contribution in [0.5, 0.6) is 0 Å². The van der Waals surface area contributed by atoms with E-state index in [2.05, 4.69) is 96.3 Å². The molecular formula is C50H52IrN2SSi-2. The van der Waals surface area contributed by atoms with Crippen molar-refractivity contribution in [2.45, 2.75) is 86.3 Å². The second kappa shape index (κ2) is 16.2. The van der Waals surface area contributed by atoms with Crippen molar-refractivity contribution in [3.8, 4) is 22.5 Å². The number of hydrogen-bond donors (Lipinski definition) is 0.